The molecule has 2 rings (SSSR count). The lowest BCUT2D eigenvalue weighted by atomic mass is 9.89. The SMILES string of the molecule is Fc1cc(CNCC2CCCCC2)ccc1Br. The maximum absolute atomic E-state index is 13.3. The highest BCUT2D eigenvalue weighted by Gasteiger charge is 2.12. The number of hydrogen-bond acceptors (Lipinski definition) is 1. The molecule has 1 nitrogen and oxygen atoms in total. The van der Waals surface area contributed by atoms with E-state index in [1.807, 2.05) is 6.07 Å². The second-order valence-electron chi connectivity index (χ2n) is 4.88. The Hall–Kier alpha value is -0.410. The van der Waals surface area contributed by atoms with E-state index in [9.17, 15) is 4.39 Å². The van der Waals surface area contributed by atoms with Gasteiger partial charge in [0.1, 0.15) is 5.82 Å². The minimum absolute atomic E-state index is 0.179. The normalized spacial score (nSPS) is 17.3. The molecule has 0 bridgehead atoms. The van der Waals surface area contributed by atoms with E-state index >= 15 is 0 Å². The smallest absolute Gasteiger partial charge is 0.137 e. The molecule has 1 aliphatic rings. The fraction of sp³-hybridized carbons (Fsp3) is 0.571. The van der Waals surface area contributed by atoms with Gasteiger partial charge in [-0.1, -0.05) is 25.3 Å². The average Bonchev–Trinajstić information content (AvgIpc) is 2.35. The Labute approximate surface area is 111 Å². The van der Waals surface area contributed by atoms with Crippen LogP contribution in [0, 0.1) is 11.7 Å². The van der Waals surface area contributed by atoms with Gasteiger partial charge in [-0.25, -0.2) is 4.39 Å². The molecule has 0 saturated heterocycles. The van der Waals surface area contributed by atoms with Crippen molar-refractivity contribution >= 4 is 15.9 Å². The molecule has 0 atom stereocenters. The Morgan fingerprint density at radius 2 is 2.00 bits per heavy atom. The van der Waals surface area contributed by atoms with Crippen LogP contribution in [0.3, 0.4) is 0 Å². The summed E-state index contributed by atoms with van der Waals surface area (Å²) in [6, 6.07) is 5.33. The average molecular weight is 300 g/mol. The van der Waals surface area contributed by atoms with E-state index in [0.29, 0.717) is 4.47 Å². The monoisotopic (exact) mass is 299 g/mol. The minimum atomic E-state index is -0.179. The van der Waals surface area contributed by atoms with Gasteiger partial charge in [-0.2, -0.15) is 0 Å². The number of halogens is 2. The molecule has 1 aliphatic carbocycles. The number of nitrogens with one attached hydrogen (secondary N) is 1. The maximum Gasteiger partial charge on any atom is 0.137 e. The first-order valence-electron chi connectivity index (χ1n) is 6.40. The lowest BCUT2D eigenvalue weighted by Gasteiger charge is -2.21. The number of hydrogen-bond donors (Lipinski definition) is 1. The molecule has 17 heavy (non-hydrogen) atoms. The van der Waals surface area contributed by atoms with Crippen molar-refractivity contribution in [3.8, 4) is 0 Å². The van der Waals surface area contributed by atoms with Crippen LogP contribution < -0.4 is 5.32 Å². The molecular weight excluding hydrogens is 281 g/mol. The summed E-state index contributed by atoms with van der Waals surface area (Å²) >= 11 is 3.16. The van der Waals surface area contributed by atoms with Crippen LogP contribution in [0.2, 0.25) is 0 Å². The van der Waals surface area contributed by atoms with Crippen molar-refractivity contribution in [1.82, 2.24) is 5.32 Å². The molecule has 1 saturated carbocycles. The van der Waals surface area contributed by atoms with Crippen LogP contribution in [-0.2, 0) is 6.54 Å². The summed E-state index contributed by atoms with van der Waals surface area (Å²) in [6.45, 7) is 1.83. The van der Waals surface area contributed by atoms with Crippen molar-refractivity contribution in [3.63, 3.8) is 0 Å². The topological polar surface area (TPSA) is 12.0 Å². The quantitative estimate of drug-likeness (QED) is 0.876. The molecule has 0 heterocycles. The molecule has 3 heteroatoms. The van der Waals surface area contributed by atoms with Gasteiger partial charge in [0.05, 0.1) is 4.47 Å². The summed E-state index contributed by atoms with van der Waals surface area (Å²) in [5.74, 6) is 0.644. The van der Waals surface area contributed by atoms with E-state index in [1.54, 1.807) is 12.1 Å². The van der Waals surface area contributed by atoms with Crippen molar-refractivity contribution in [2.24, 2.45) is 5.92 Å². The van der Waals surface area contributed by atoms with Crippen molar-refractivity contribution in [2.75, 3.05) is 6.54 Å². The standard InChI is InChI=1S/C14H19BrFN/c15-13-7-6-12(8-14(13)16)10-17-9-11-4-2-1-3-5-11/h6-8,11,17H,1-5,9-10H2. The Morgan fingerprint density at radius 3 is 2.71 bits per heavy atom. The molecule has 0 spiro atoms. The van der Waals surface area contributed by atoms with Crippen molar-refractivity contribution < 1.29 is 4.39 Å². The van der Waals surface area contributed by atoms with E-state index in [-0.39, 0.29) is 5.82 Å². The summed E-state index contributed by atoms with van der Waals surface area (Å²) in [7, 11) is 0. The van der Waals surface area contributed by atoms with E-state index in [0.717, 1.165) is 24.6 Å². The molecule has 0 unspecified atom stereocenters. The van der Waals surface area contributed by atoms with Gasteiger partial charge in [-0.3, -0.25) is 0 Å². The van der Waals surface area contributed by atoms with Crippen LogP contribution in [0.4, 0.5) is 4.39 Å². The third-order valence-corrected chi connectivity index (χ3v) is 4.11. The summed E-state index contributed by atoms with van der Waals surface area (Å²) in [4.78, 5) is 0. The van der Waals surface area contributed by atoms with Crippen LogP contribution in [0.5, 0.6) is 0 Å². The van der Waals surface area contributed by atoms with Gasteiger partial charge in [-0.05, 0) is 58.9 Å². The zero-order chi connectivity index (χ0) is 12.1. The third-order valence-electron chi connectivity index (χ3n) is 3.47. The molecule has 1 aromatic rings. The molecule has 1 fully saturated rings. The van der Waals surface area contributed by atoms with Crippen LogP contribution >= 0.6 is 15.9 Å². The molecular formula is C14H19BrFN. The van der Waals surface area contributed by atoms with Gasteiger partial charge in [0, 0.05) is 6.54 Å². The first kappa shape index (κ1) is 13.0. The molecule has 1 aromatic carbocycles. The van der Waals surface area contributed by atoms with Gasteiger partial charge in [-0.15, -0.1) is 0 Å². The van der Waals surface area contributed by atoms with E-state index in [2.05, 4.69) is 21.2 Å². The Balaban J connectivity index is 1.75. The molecule has 1 N–H and O–H groups in total. The molecule has 94 valence electrons. The number of benzene rings is 1. The third kappa shape index (κ3) is 4.07. The van der Waals surface area contributed by atoms with Crippen molar-refractivity contribution in [2.45, 2.75) is 38.6 Å². The number of rotatable bonds is 4. The maximum atomic E-state index is 13.3. The fourth-order valence-electron chi connectivity index (χ4n) is 2.46. The highest BCUT2D eigenvalue weighted by atomic mass is 79.9. The van der Waals surface area contributed by atoms with Gasteiger partial charge in [0.15, 0.2) is 0 Å². The van der Waals surface area contributed by atoms with Crippen LogP contribution in [0.1, 0.15) is 37.7 Å². The zero-order valence-electron chi connectivity index (χ0n) is 10.0. The molecule has 0 amide bonds. The Morgan fingerprint density at radius 1 is 1.24 bits per heavy atom. The largest absolute Gasteiger partial charge is 0.312 e. The van der Waals surface area contributed by atoms with Gasteiger partial charge >= 0.3 is 0 Å². The molecule has 0 aliphatic heterocycles. The predicted octanol–water partition coefficient (Wildman–Crippen LogP) is 4.26. The van der Waals surface area contributed by atoms with Gasteiger partial charge in [0.2, 0.25) is 0 Å². The summed E-state index contributed by atoms with van der Waals surface area (Å²) in [5.41, 5.74) is 1.02. The van der Waals surface area contributed by atoms with Gasteiger partial charge in [0.25, 0.3) is 0 Å². The highest BCUT2D eigenvalue weighted by Crippen LogP contribution is 2.23. The molecule has 0 radical (unpaired) electrons. The van der Waals surface area contributed by atoms with E-state index < -0.39 is 0 Å². The van der Waals surface area contributed by atoms with Crippen LogP contribution in [0.25, 0.3) is 0 Å². The minimum Gasteiger partial charge on any atom is -0.312 e. The van der Waals surface area contributed by atoms with Crippen LogP contribution in [0.15, 0.2) is 22.7 Å². The van der Waals surface area contributed by atoms with E-state index in [4.69, 9.17) is 0 Å². The Bertz CT molecular complexity index is 361. The van der Waals surface area contributed by atoms with Crippen LogP contribution in [-0.4, -0.2) is 6.54 Å². The first-order chi connectivity index (χ1) is 8.25. The van der Waals surface area contributed by atoms with E-state index in [1.165, 1.54) is 32.1 Å². The lowest BCUT2D eigenvalue weighted by molar-refractivity contribution is 0.342. The summed E-state index contributed by atoms with van der Waals surface area (Å²) in [6.07, 6.45) is 6.84. The fourth-order valence-corrected chi connectivity index (χ4v) is 2.71. The van der Waals surface area contributed by atoms with Crippen molar-refractivity contribution in [3.05, 3.63) is 34.1 Å². The zero-order valence-corrected chi connectivity index (χ0v) is 11.6. The first-order valence-corrected chi connectivity index (χ1v) is 7.19. The Kier molecular flexibility index (Phi) is 4.99. The van der Waals surface area contributed by atoms with Gasteiger partial charge < -0.3 is 5.32 Å². The highest BCUT2D eigenvalue weighted by molar-refractivity contribution is 9.10. The second-order valence-corrected chi connectivity index (χ2v) is 5.74. The predicted molar refractivity (Wildman–Crippen MR) is 72.4 cm³/mol. The second kappa shape index (κ2) is 6.50. The lowest BCUT2D eigenvalue weighted by Crippen LogP contribution is -2.24. The van der Waals surface area contributed by atoms with Crippen molar-refractivity contribution in [1.29, 1.82) is 0 Å². The summed E-state index contributed by atoms with van der Waals surface area (Å²) < 4.78 is 13.8. The molecule has 0 aromatic heterocycles. The summed E-state index contributed by atoms with van der Waals surface area (Å²) in [5, 5.41) is 3.44.